The highest BCUT2D eigenvalue weighted by Crippen LogP contribution is 2.54. The summed E-state index contributed by atoms with van der Waals surface area (Å²) in [7, 11) is 3.49. The van der Waals surface area contributed by atoms with Crippen LogP contribution in [0.15, 0.2) is 42.0 Å². The van der Waals surface area contributed by atoms with Gasteiger partial charge in [0.1, 0.15) is 12.5 Å². The lowest BCUT2D eigenvalue weighted by atomic mass is 9.54. The van der Waals surface area contributed by atoms with Crippen molar-refractivity contribution < 1.29 is 9.47 Å². The van der Waals surface area contributed by atoms with Gasteiger partial charge in [-0.15, -0.1) is 0 Å². The zero-order valence-electron chi connectivity index (χ0n) is 18.0. The molecule has 7 heteroatoms. The lowest BCUT2D eigenvalue weighted by molar-refractivity contribution is 0.234. The summed E-state index contributed by atoms with van der Waals surface area (Å²) < 4.78 is 11.3. The smallest absolute Gasteiger partial charge is 0.189 e. The number of hydrogen-bond acceptors (Lipinski definition) is 7. The van der Waals surface area contributed by atoms with E-state index in [9.17, 15) is 15.8 Å². The first-order valence-corrected chi connectivity index (χ1v) is 9.97. The average molecular weight is 415 g/mol. The minimum absolute atomic E-state index is 0.154. The van der Waals surface area contributed by atoms with Gasteiger partial charge in [0.05, 0.1) is 31.0 Å². The van der Waals surface area contributed by atoms with Crippen LogP contribution in [0.3, 0.4) is 0 Å². The Bertz CT molecular complexity index is 1050. The van der Waals surface area contributed by atoms with Gasteiger partial charge in [0.15, 0.2) is 16.9 Å². The fourth-order valence-corrected chi connectivity index (χ4v) is 4.53. The van der Waals surface area contributed by atoms with Crippen LogP contribution in [0.2, 0.25) is 0 Å². The molecule has 1 aliphatic heterocycles. The number of fused-ring (bicyclic) bond motifs is 1. The van der Waals surface area contributed by atoms with Crippen LogP contribution in [0.25, 0.3) is 0 Å². The average Bonchev–Trinajstić information content (AvgIpc) is 2.77. The van der Waals surface area contributed by atoms with Crippen molar-refractivity contribution in [2.45, 2.75) is 12.8 Å². The third-order valence-electron chi connectivity index (χ3n) is 5.99. The Hall–Kier alpha value is -3.60. The van der Waals surface area contributed by atoms with E-state index in [1.165, 1.54) is 7.11 Å². The molecule has 0 unspecified atom stereocenters. The van der Waals surface area contributed by atoms with Crippen LogP contribution in [0.1, 0.15) is 18.4 Å². The van der Waals surface area contributed by atoms with Gasteiger partial charge in [-0.25, -0.2) is 0 Å². The molecular weight excluding hydrogens is 390 g/mol. The monoisotopic (exact) mass is 415 g/mol. The van der Waals surface area contributed by atoms with Gasteiger partial charge >= 0.3 is 0 Å². The molecule has 0 radical (unpaired) electrons. The second-order valence-corrected chi connectivity index (χ2v) is 8.17. The highest BCUT2D eigenvalue weighted by atomic mass is 16.5. The van der Waals surface area contributed by atoms with Gasteiger partial charge in [-0.05, 0) is 42.8 Å². The van der Waals surface area contributed by atoms with Crippen molar-refractivity contribution in [3.05, 3.63) is 47.6 Å². The molecule has 1 heterocycles. The van der Waals surface area contributed by atoms with Crippen LogP contribution < -0.4 is 9.47 Å². The Balaban J connectivity index is 2.18. The van der Waals surface area contributed by atoms with E-state index in [0.717, 1.165) is 11.1 Å². The number of nitrogens with one attached hydrogen (secondary N) is 1. The van der Waals surface area contributed by atoms with E-state index in [-0.39, 0.29) is 11.6 Å². The Morgan fingerprint density at radius 3 is 2.58 bits per heavy atom. The number of nitrogens with zero attached hydrogens (tertiary/aromatic N) is 4. The molecule has 1 saturated carbocycles. The third kappa shape index (κ3) is 3.67. The Morgan fingerprint density at radius 1 is 1.29 bits per heavy atom. The molecule has 1 N–H and O–H groups in total. The number of likely N-dealkylation sites (N-methyl/N-ethyl adjacent to an activating group) is 1. The van der Waals surface area contributed by atoms with Gasteiger partial charge in [-0.2, -0.15) is 15.8 Å². The van der Waals surface area contributed by atoms with Crippen LogP contribution >= 0.6 is 0 Å². The summed E-state index contributed by atoms with van der Waals surface area (Å²) in [5, 5.41) is 38.7. The maximum absolute atomic E-state index is 10.1. The van der Waals surface area contributed by atoms with E-state index < -0.39 is 17.3 Å². The summed E-state index contributed by atoms with van der Waals surface area (Å²) in [5.41, 5.74) is 0.486. The quantitative estimate of drug-likeness (QED) is 0.736. The SMILES string of the molecule is C=C(C)COc1ccc([C@@H]2[C@@H]3CN(C)CC=C3[C@@H](C#N)C(=N)C2(C#N)C#N)cc1OC. The molecule has 1 fully saturated rings. The van der Waals surface area contributed by atoms with Crippen molar-refractivity contribution in [1.29, 1.82) is 21.2 Å². The van der Waals surface area contributed by atoms with Gasteiger partial charge < -0.3 is 19.8 Å². The zero-order valence-corrected chi connectivity index (χ0v) is 18.0. The van der Waals surface area contributed by atoms with Crippen LogP contribution in [0.4, 0.5) is 0 Å². The lowest BCUT2D eigenvalue weighted by Crippen LogP contribution is -2.52. The molecule has 1 aromatic carbocycles. The van der Waals surface area contributed by atoms with Gasteiger partial charge in [-0.3, -0.25) is 0 Å². The first kappa shape index (κ1) is 22.1. The highest BCUT2D eigenvalue weighted by Gasteiger charge is 2.57. The van der Waals surface area contributed by atoms with Crippen molar-refractivity contribution in [1.82, 2.24) is 4.90 Å². The molecule has 0 spiro atoms. The maximum Gasteiger partial charge on any atom is 0.189 e. The Labute approximate surface area is 182 Å². The molecular formula is C24H25N5O2. The molecule has 1 aromatic rings. The Kier molecular flexibility index (Phi) is 6.16. The van der Waals surface area contributed by atoms with Crippen molar-refractivity contribution in [3.63, 3.8) is 0 Å². The lowest BCUT2D eigenvalue weighted by Gasteiger charge is -2.47. The molecule has 0 saturated heterocycles. The summed E-state index contributed by atoms with van der Waals surface area (Å²) in [6.45, 7) is 7.29. The number of hydrogen-bond donors (Lipinski definition) is 1. The van der Waals surface area contributed by atoms with Crippen molar-refractivity contribution in [2.75, 3.05) is 33.9 Å². The molecule has 31 heavy (non-hydrogen) atoms. The second-order valence-electron chi connectivity index (χ2n) is 8.17. The molecule has 0 aromatic heterocycles. The molecule has 0 bridgehead atoms. The molecule has 3 atom stereocenters. The molecule has 1 aliphatic carbocycles. The predicted octanol–water partition coefficient (Wildman–Crippen LogP) is 3.43. The van der Waals surface area contributed by atoms with E-state index >= 15 is 0 Å². The van der Waals surface area contributed by atoms with Crippen molar-refractivity contribution in [3.8, 4) is 29.7 Å². The van der Waals surface area contributed by atoms with Gasteiger partial charge in [0.25, 0.3) is 0 Å². The van der Waals surface area contributed by atoms with E-state index in [4.69, 9.17) is 14.9 Å². The van der Waals surface area contributed by atoms with E-state index in [2.05, 4.69) is 29.7 Å². The topological polar surface area (TPSA) is 117 Å². The summed E-state index contributed by atoms with van der Waals surface area (Å²) in [6.07, 6.45) is 1.96. The standard InChI is InChI=1S/C24H25N5O2/c1-15(2)12-31-20-6-5-16(9-21(20)30-4)22-19-11-29(3)8-7-17(19)18(10-25)23(28)24(22,13-26)14-27/h5-7,9,18-19,22,28H,1,8,11-12H2,2-4H3/t18-,19-,22-/m1/s1. The van der Waals surface area contributed by atoms with Crippen LogP contribution in [-0.4, -0.2) is 44.5 Å². The normalized spacial score (nSPS) is 24.6. The van der Waals surface area contributed by atoms with E-state index in [0.29, 0.717) is 36.8 Å². The maximum atomic E-state index is 10.1. The Morgan fingerprint density at radius 2 is 2.00 bits per heavy atom. The van der Waals surface area contributed by atoms with Crippen LogP contribution in [0.5, 0.6) is 11.5 Å². The third-order valence-corrected chi connectivity index (χ3v) is 5.99. The summed E-state index contributed by atoms with van der Waals surface area (Å²) in [6, 6.07) is 11.7. The fourth-order valence-electron chi connectivity index (χ4n) is 4.53. The first-order chi connectivity index (χ1) is 14.8. The molecule has 3 rings (SSSR count). The van der Waals surface area contributed by atoms with Gasteiger partial charge in [0, 0.05) is 24.9 Å². The number of benzene rings is 1. The summed E-state index contributed by atoms with van der Waals surface area (Å²) >= 11 is 0. The summed E-state index contributed by atoms with van der Waals surface area (Å²) in [5.74, 6) is -0.714. The second kappa shape index (κ2) is 8.64. The minimum Gasteiger partial charge on any atom is -0.493 e. The first-order valence-electron chi connectivity index (χ1n) is 9.97. The molecule has 2 aliphatic rings. The minimum atomic E-state index is -1.74. The molecule has 7 nitrogen and oxygen atoms in total. The van der Waals surface area contributed by atoms with Gasteiger partial charge in [-0.1, -0.05) is 18.7 Å². The molecule has 158 valence electrons. The number of methoxy groups -OCH3 is 1. The number of rotatable bonds is 5. The zero-order chi connectivity index (χ0) is 22.8. The number of ether oxygens (including phenoxy) is 2. The van der Waals surface area contributed by atoms with Crippen LogP contribution in [-0.2, 0) is 0 Å². The van der Waals surface area contributed by atoms with Gasteiger partial charge in [0.2, 0.25) is 0 Å². The fraction of sp³-hybridized carbons (Fsp3) is 0.417. The predicted molar refractivity (Wildman–Crippen MR) is 116 cm³/mol. The number of nitriles is 3. The van der Waals surface area contributed by atoms with E-state index in [1.807, 2.05) is 26.1 Å². The van der Waals surface area contributed by atoms with Crippen LogP contribution in [0, 0.1) is 56.7 Å². The summed E-state index contributed by atoms with van der Waals surface area (Å²) in [4.78, 5) is 2.09. The molecule has 0 amide bonds. The van der Waals surface area contributed by atoms with E-state index in [1.54, 1.807) is 12.1 Å². The van der Waals surface area contributed by atoms with Crippen molar-refractivity contribution >= 4 is 5.71 Å². The van der Waals surface area contributed by atoms with Crippen molar-refractivity contribution in [2.24, 2.45) is 17.3 Å². The largest absolute Gasteiger partial charge is 0.493 e. The highest BCUT2D eigenvalue weighted by molar-refractivity contribution is 6.00.